The zero-order valence-corrected chi connectivity index (χ0v) is 10.7. The zero-order valence-electron chi connectivity index (χ0n) is 10.7. The first-order valence-corrected chi connectivity index (χ1v) is 6.13. The van der Waals surface area contributed by atoms with Crippen molar-refractivity contribution in [2.45, 2.75) is 52.8 Å². The lowest BCUT2D eigenvalue weighted by Crippen LogP contribution is -2.48. The van der Waals surface area contributed by atoms with Crippen LogP contribution in [0, 0.1) is 0 Å². The average Bonchev–Trinajstić information content (AvgIpc) is 2.68. The van der Waals surface area contributed by atoms with Crippen LogP contribution in [0.15, 0.2) is 0 Å². The molecule has 0 aromatic heterocycles. The SMILES string of the molecule is [B]C([B])C([B])([B])C([B])([B])C([B])([B])[B]C1CCCC1. The summed E-state index contributed by atoms with van der Waals surface area (Å²) >= 11 is 0. The summed E-state index contributed by atoms with van der Waals surface area (Å²) in [5, 5.41) is -5.16. The Kier molecular flexibility index (Phi) is 5.11. The summed E-state index contributed by atoms with van der Waals surface area (Å²) in [5.74, 6) is 0.260. The molecule has 0 unspecified atom stereocenters. The molecule has 0 atom stereocenters. The molecule has 0 aliphatic heterocycles. The van der Waals surface area contributed by atoms with Gasteiger partial charge in [-0.15, -0.1) is 21.3 Å². The molecule has 0 saturated heterocycles. The lowest BCUT2D eigenvalue weighted by Gasteiger charge is -2.59. The Morgan fingerprint density at radius 2 is 1.33 bits per heavy atom. The van der Waals surface area contributed by atoms with Gasteiger partial charge in [0.05, 0.1) is 62.8 Å². The summed E-state index contributed by atoms with van der Waals surface area (Å²) in [6.07, 6.45) is 4.27. The standard InChI is InChI=1S/C9H10B9/c10-6(11)7(12,13)8(14,15)9(16,17)18-5-3-1-2-4-5/h5-6H,1-4H2. The molecule has 0 nitrogen and oxygen atoms in total. The van der Waals surface area contributed by atoms with E-state index in [0.29, 0.717) is 0 Å². The predicted octanol–water partition coefficient (Wildman–Crippen LogP) is -0.547. The van der Waals surface area contributed by atoms with E-state index in [-0.39, 0.29) is 5.82 Å². The van der Waals surface area contributed by atoms with Crippen molar-refractivity contribution in [1.29, 1.82) is 0 Å². The maximum Gasteiger partial charge on any atom is 0.101 e. The van der Waals surface area contributed by atoms with Gasteiger partial charge in [0, 0.05) is 0 Å². The first-order chi connectivity index (χ1) is 8.02. The van der Waals surface area contributed by atoms with Crippen LogP contribution in [0.2, 0.25) is 27.1 Å². The third-order valence-electron chi connectivity index (χ3n) is 3.90. The fourth-order valence-electron chi connectivity index (χ4n) is 2.30. The highest BCUT2D eigenvalue weighted by atomic mass is 14.3. The summed E-state index contributed by atoms with van der Waals surface area (Å²) in [7, 11) is 48.2. The minimum absolute atomic E-state index is 0.260. The smallest absolute Gasteiger partial charge is 0.101 e. The summed E-state index contributed by atoms with van der Waals surface area (Å²) < 4.78 is 0. The van der Waals surface area contributed by atoms with Crippen LogP contribution in [0.25, 0.3) is 0 Å². The van der Waals surface area contributed by atoms with Crippen LogP contribution in [0.3, 0.4) is 0 Å². The van der Waals surface area contributed by atoms with Crippen molar-refractivity contribution in [3.05, 3.63) is 0 Å². The molecule has 1 rings (SSSR count). The van der Waals surface area contributed by atoms with Gasteiger partial charge in [-0.2, -0.15) is 0 Å². The molecular formula is C9H10B9. The highest BCUT2D eigenvalue weighted by Crippen LogP contribution is 2.60. The van der Waals surface area contributed by atoms with E-state index in [9.17, 15) is 0 Å². The van der Waals surface area contributed by atoms with E-state index in [1.165, 1.54) is 0 Å². The maximum absolute atomic E-state index is 6.00. The van der Waals surface area contributed by atoms with Crippen molar-refractivity contribution in [3.63, 3.8) is 0 Å². The second-order valence-electron chi connectivity index (χ2n) is 5.47. The largest absolute Gasteiger partial charge is 0.133 e. The molecule has 1 aliphatic carbocycles. The van der Waals surface area contributed by atoms with Crippen LogP contribution in [0.5, 0.6) is 0 Å². The van der Waals surface area contributed by atoms with Crippen molar-refractivity contribution in [3.8, 4) is 0 Å². The fraction of sp³-hybridized carbons (Fsp3) is 1.00. The lowest BCUT2D eigenvalue weighted by atomic mass is 9.07. The van der Waals surface area contributed by atoms with Crippen LogP contribution < -0.4 is 0 Å². The van der Waals surface area contributed by atoms with Gasteiger partial charge in [0.1, 0.15) is 7.28 Å². The van der Waals surface area contributed by atoms with Gasteiger partial charge in [0.25, 0.3) is 0 Å². The molecule has 0 heterocycles. The van der Waals surface area contributed by atoms with Crippen LogP contribution in [0.1, 0.15) is 25.7 Å². The van der Waals surface area contributed by atoms with E-state index in [1.54, 1.807) is 7.28 Å². The average molecular weight is 215 g/mol. The topological polar surface area (TPSA) is 0 Å². The van der Waals surface area contributed by atoms with Gasteiger partial charge in [-0.05, 0) is 0 Å². The minimum atomic E-state index is -1.82. The van der Waals surface area contributed by atoms with Gasteiger partial charge in [-0.25, -0.2) is 0 Å². The summed E-state index contributed by atoms with van der Waals surface area (Å²) in [6.45, 7) is 0. The highest BCUT2D eigenvalue weighted by molar-refractivity contribution is 6.77. The molecule has 17 radical (unpaired) electrons. The normalized spacial score (nSPS) is 19.2. The van der Waals surface area contributed by atoms with Crippen molar-refractivity contribution in [2.24, 2.45) is 0 Å². The Morgan fingerprint density at radius 1 is 0.889 bits per heavy atom. The molecule has 1 aliphatic rings. The van der Waals surface area contributed by atoms with E-state index >= 15 is 0 Å². The number of hydrogen-bond donors (Lipinski definition) is 0. The summed E-state index contributed by atoms with van der Waals surface area (Å²) in [4.78, 5) is 0. The van der Waals surface area contributed by atoms with E-state index in [1.807, 2.05) is 0 Å². The van der Waals surface area contributed by atoms with Crippen molar-refractivity contribution in [2.75, 3.05) is 0 Å². The molecule has 1 saturated carbocycles. The van der Waals surface area contributed by atoms with Gasteiger partial charge >= 0.3 is 0 Å². The van der Waals surface area contributed by atoms with Gasteiger partial charge < -0.3 is 0 Å². The molecule has 73 valence electrons. The predicted molar refractivity (Wildman–Crippen MR) is 85.8 cm³/mol. The van der Waals surface area contributed by atoms with Crippen LogP contribution >= 0.6 is 0 Å². The fourth-order valence-corrected chi connectivity index (χ4v) is 2.30. The van der Waals surface area contributed by atoms with Crippen molar-refractivity contribution >= 4 is 70.0 Å². The molecule has 0 amide bonds. The van der Waals surface area contributed by atoms with Crippen molar-refractivity contribution < 1.29 is 0 Å². The van der Waals surface area contributed by atoms with Gasteiger partial charge in [0.15, 0.2) is 0 Å². The molecule has 9 heteroatoms. The molecule has 0 aromatic rings. The highest BCUT2D eigenvalue weighted by Gasteiger charge is 2.46. The third kappa shape index (κ3) is 3.01. The molecule has 0 bridgehead atoms. The Balaban J connectivity index is 2.86. The molecule has 0 aromatic carbocycles. The van der Waals surface area contributed by atoms with Crippen LogP contribution in [-0.2, 0) is 0 Å². The molecule has 0 spiro atoms. The van der Waals surface area contributed by atoms with E-state index in [0.717, 1.165) is 25.7 Å². The summed E-state index contributed by atoms with van der Waals surface area (Å²) in [6, 6.07) is 0. The Bertz CT molecular complexity index is 280. The zero-order chi connectivity index (χ0) is 14.2. The molecule has 1 fully saturated rings. The Morgan fingerprint density at radius 3 is 1.72 bits per heavy atom. The number of hydrogen-bond acceptors (Lipinski definition) is 0. The monoisotopic (exact) mass is 217 g/mol. The van der Waals surface area contributed by atoms with Gasteiger partial charge in [-0.3, -0.25) is 0 Å². The van der Waals surface area contributed by atoms with E-state index in [2.05, 4.69) is 0 Å². The lowest BCUT2D eigenvalue weighted by molar-refractivity contribution is 0.642. The Labute approximate surface area is 123 Å². The van der Waals surface area contributed by atoms with Gasteiger partial charge in [-0.1, -0.05) is 31.5 Å². The van der Waals surface area contributed by atoms with Crippen molar-refractivity contribution in [1.82, 2.24) is 0 Å². The Hall–Kier alpha value is 0.584. The molecular weight excluding hydrogens is 205 g/mol. The second-order valence-corrected chi connectivity index (χ2v) is 5.47. The molecule has 18 heavy (non-hydrogen) atoms. The van der Waals surface area contributed by atoms with Crippen LogP contribution in [-0.4, -0.2) is 70.0 Å². The molecule has 0 N–H and O–H groups in total. The van der Waals surface area contributed by atoms with E-state index < -0.39 is 21.3 Å². The third-order valence-corrected chi connectivity index (χ3v) is 3.90. The number of rotatable bonds is 5. The minimum Gasteiger partial charge on any atom is -0.133 e. The maximum atomic E-state index is 6.00. The first-order valence-electron chi connectivity index (χ1n) is 6.13. The quantitative estimate of drug-likeness (QED) is 0.540. The van der Waals surface area contributed by atoms with Gasteiger partial charge in [0.2, 0.25) is 0 Å². The van der Waals surface area contributed by atoms with Crippen LogP contribution in [0.4, 0.5) is 0 Å². The second kappa shape index (κ2) is 5.53. The summed E-state index contributed by atoms with van der Waals surface area (Å²) in [5.41, 5.74) is -1.14. The van der Waals surface area contributed by atoms with E-state index in [4.69, 9.17) is 62.8 Å². The first kappa shape index (κ1) is 16.6.